The number of carbonyl (C=O) groups is 2. The van der Waals surface area contributed by atoms with Gasteiger partial charge in [-0.2, -0.15) is 0 Å². The van der Waals surface area contributed by atoms with E-state index in [1.807, 2.05) is 30.3 Å². The Balaban J connectivity index is 1.62. The van der Waals surface area contributed by atoms with Crippen LogP contribution in [-0.4, -0.2) is 18.4 Å². The van der Waals surface area contributed by atoms with E-state index in [1.54, 1.807) is 0 Å². The number of hydrazine groups is 1. The number of halogens is 1. The van der Waals surface area contributed by atoms with E-state index in [0.29, 0.717) is 18.7 Å². The molecule has 0 fully saturated rings. The Labute approximate surface area is 133 Å². The van der Waals surface area contributed by atoms with Crippen LogP contribution in [0.25, 0.3) is 0 Å². The minimum Gasteiger partial charge on any atom is -0.352 e. The van der Waals surface area contributed by atoms with E-state index < -0.39 is 5.82 Å². The first kappa shape index (κ1) is 16.6. The van der Waals surface area contributed by atoms with E-state index in [0.717, 1.165) is 5.56 Å². The Morgan fingerprint density at radius 2 is 1.65 bits per heavy atom. The zero-order valence-electron chi connectivity index (χ0n) is 12.5. The molecule has 0 saturated carbocycles. The van der Waals surface area contributed by atoms with Crippen LogP contribution in [0.2, 0.25) is 0 Å². The summed E-state index contributed by atoms with van der Waals surface area (Å²) < 4.78 is 12.7. The second-order valence-corrected chi connectivity index (χ2v) is 4.90. The summed E-state index contributed by atoms with van der Waals surface area (Å²) in [5.41, 5.74) is 6.50. The maximum atomic E-state index is 12.7. The number of benzene rings is 2. The fourth-order valence-electron chi connectivity index (χ4n) is 1.88. The monoisotopic (exact) mass is 315 g/mol. The van der Waals surface area contributed by atoms with E-state index in [9.17, 15) is 14.0 Å². The molecular weight excluding hydrogens is 297 g/mol. The maximum absolute atomic E-state index is 12.7. The summed E-state index contributed by atoms with van der Waals surface area (Å²) >= 11 is 0. The molecule has 0 atom stereocenters. The second-order valence-electron chi connectivity index (χ2n) is 4.90. The average Bonchev–Trinajstić information content (AvgIpc) is 2.58. The second kappa shape index (κ2) is 8.65. The number of carbonyl (C=O) groups excluding carboxylic acids is 2. The van der Waals surface area contributed by atoms with Gasteiger partial charge in [-0.3, -0.25) is 15.0 Å². The van der Waals surface area contributed by atoms with Crippen LogP contribution in [0.1, 0.15) is 22.3 Å². The molecule has 3 N–H and O–H groups in total. The van der Waals surface area contributed by atoms with Crippen molar-refractivity contribution in [2.24, 2.45) is 0 Å². The van der Waals surface area contributed by atoms with E-state index in [2.05, 4.69) is 16.2 Å². The third kappa shape index (κ3) is 5.88. The van der Waals surface area contributed by atoms with E-state index in [1.165, 1.54) is 24.3 Å². The van der Waals surface area contributed by atoms with Gasteiger partial charge in [0.1, 0.15) is 5.82 Å². The number of nitrogens with one attached hydrogen (secondary N) is 3. The van der Waals surface area contributed by atoms with E-state index in [4.69, 9.17) is 0 Å². The predicted molar refractivity (Wildman–Crippen MR) is 84.8 cm³/mol. The standard InChI is InChI=1S/C17H18FN3O2/c18-15-8-6-14(7-9-15)17(23)21-20-11-10-16(22)19-12-13-4-2-1-3-5-13/h1-9,20H,10-12H2,(H,19,22)(H,21,23). The third-order valence-corrected chi connectivity index (χ3v) is 3.12. The largest absolute Gasteiger partial charge is 0.352 e. The number of amides is 2. The van der Waals surface area contributed by atoms with Gasteiger partial charge in [-0.05, 0) is 29.8 Å². The Bertz CT molecular complexity index is 645. The molecule has 0 heterocycles. The fraction of sp³-hybridized carbons (Fsp3) is 0.176. The summed E-state index contributed by atoms with van der Waals surface area (Å²) in [7, 11) is 0. The van der Waals surface area contributed by atoms with Gasteiger partial charge in [-0.1, -0.05) is 30.3 Å². The summed E-state index contributed by atoms with van der Waals surface area (Å²) in [4.78, 5) is 23.4. The molecule has 0 radical (unpaired) electrons. The quantitative estimate of drug-likeness (QED) is 0.539. The topological polar surface area (TPSA) is 70.2 Å². The molecule has 0 spiro atoms. The first-order chi connectivity index (χ1) is 11.1. The highest BCUT2D eigenvalue weighted by Gasteiger charge is 2.05. The Hall–Kier alpha value is -2.73. The Morgan fingerprint density at radius 3 is 2.35 bits per heavy atom. The minimum absolute atomic E-state index is 0.114. The summed E-state index contributed by atoms with van der Waals surface area (Å²) in [5.74, 6) is -0.892. The minimum atomic E-state index is -0.399. The van der Waals surface area contributed by atoms with E-state index >= 15 is 0 Å². The summed E-state index contributed by atoms with van der Waals surface area (Å²) in [6.07, 6.45) is 0.233. The first-order valence-corrected chi connectivity index (χ1v) is 7.24. The van der Waals surface area contributed by atoms with Crippen molar-refractivity contribution in [1.29, 1.82) is 0 Å². The van der Waals surface area contributed by atoms with Crippen LogP contribution in [0.15, 0.2) is 54.6 Å². The maximum Gasteiger partial charge on any atom is 0.265 e. The van der Waals surface area contributed by atoms with Crippen molar-refractivity contribution in [3.8, 4) is 0 Å². The summed E-state index contributed by atoms with van der Waals surface area (Å²) in [6, 6.07) is 14.8. The lowest BCUT2D eigenvalue weighted by Crippen LogP contribution is -2.39. The van der Waals surface area contributed by atoms with Crippen molar-refractivity contribution >= 4 is 11.8 Å². The lowest BCUT2D eigenvalue weighted by atomic mass is 10.2. The van der Waals surface area contributed by atoms with Crippen LogP contribution >= 0.6 is 0 Å². The molecular formula is C17H18FN3O2. The molecule has 0 aliphatic heterocycles. The van der Waals surface area contributed by atoms with Crippen molar-refractivity contribution < 1.29 is 14.0 Å². The molecule has 120 valence electrons. The Morgan fingerprint density at radius 1 is 0.957 bits per heavy atom. The van der Waals surface area contributed by atoms with Gasteiger partial charge in [0.05, 0.1) is 0 Å². The number of rotatable bonds is 7. The van der Waals surface area contributed by atoms with Crippen LogP contribution in [0, 0.1) is 5.82 Å². The van der Waals surface area contributed by atoms with Gasteiger partial charge in [0.25, 0.3) is 5.91 Å². The molecule has 2 rings (SSSR count). The SMILES string of the molecule is O=C(CCNNC(=O)c1ccc(F)cc1)NCc1ccccc1. The molecule has 2 aromatic carbocycles. The van der Waals surface area contributed by atoms with Gasteiger partial charge in [-0.15, -0.1) is 0 Å². The lowest BCUT2D eigenvalue weighted by molar-refractivity contribution is -0.121. The van der Waals surface area contributed by atoms with Crippen molar-refractivity contribution in [1.82, 2.24) is 16.2 Å². The van der Waals surface area contributed by atoms with Crippen LogP contribution < -0.4 is 16.2 Å². The first-order valence-electron chi connectivity index (χ1n) is 7.24. The highest BCUT2D eigenvalue weighted by Crippen LogP contribution is 2.01. The molecule has 0 unspecified atom stereocenters. The lowest BCUT2D eigenvalue weighted by Gasteiger charge is -2.08. The van der Waals surface area contributed by atoms with Crippen LogP contribution in [0.4, 0.5) is 4.39 Å². The zero-order valence-corrected chi connectivity index (χ0v) is 12.5. The normalized spacial score (nSPS) is 10.1. The highest BCUT2D eigenvalue weighted by atomic mass is 19.1. The molecule has 2 aromatic rings. The highest BCUT2D eigenvalue weighted by molar-refractivity contribution is 5.93. The van der Waals surface area contributed by atoms with Crippen molar-refractivity contribution in [2.75, 3.05) is 6.54 Å². The fourth-order valence-corrected chi connectivity index (χ4v) is 1.88. The van der Waals surface area contributed by atoms with E-state index in [-0.39, 0.29) is 18.2 Å². The van der Waals surface area contributed by atoms with Crippen LogP contribution in [0.5, 0.6) is 0 Å². The molecule has 0 aliphatic carbocycles. The van der Waals surface area contributed by atoms with Gasteiger partial charge < -0.3 is 5.32 Å². The van der Waals surface area contributed by atoms with Gasteiger partial charge in [-0.25, -0.2) is 9.82 Å². The van der Waals surface area contributed by atoms with Crippen LogP contribution in [-0.2, 0) is 11.3 Å². The molecule has 0 saturated heterocycles. The molecule has 0 aromatic heterocycles. The molecule has 0 aliphatic rings. The zero-order chi connectivity index (χ0) is 16.5. The van der Waals surface area contributed by atoms with Crippen molar-refractivity contribution in [2.45, 2.75) is 13.0 Å². The average molecular weight is 315 g/mol. The van der Waals surface area contributed by atoms with Crippen molar-refractivity contribution in [3.63, 3.8) is 0 Å². The predicted octanol–water partition coefficient (Wildman–Crippen LogP) is 1.77. The molecule has 23 heavy (non-hydrogen) atoms. The smallest absolute Gasteiger partial charge is 0.265 e. The van der Waals surface area contributed by atoms with Crippen LogP contribution in [0.3, 0.4) is 0 Å². The number of hydrogen-bond donors (Lipinski definition) is 3. The molecule has 2 amide bonds. The third-order valence-electron chi connectivity index (χ3n) is 3.12. The molecule has 6 heteroatoms. The van der Waals surface area contributed by atoms with Crippen molar-refractivity contribution in [3.05, 3.63) is 71.5 Å². The number of hydrogen-bond acceptors (Lipinski definition) is 3. The van der Waals surface area contributed by atoms with Gasteiger partial charge >= 0.3 is 0 Å². The molecule has 0 bridgehead atoms. The van der Waals surface area contributed by atoms with Gasteiger partial charge in [0, 0.05) is 25.1 Å². The summed E-state index contributed by atoms with van der Waals surface area (Å²) in [5, 5.41) is 2.79. The molecule has 5 nitrogen and oxygen atoms in total. The van der Waals surface area contributed by atoms with Gasteiger partial charge in [0.2, 0.25) is 5.91 Å². The Kier molecular flexibility index (Phi) is 6.26. The summed E-state index contributed by atoms with van der Waals surface area (Å²) in [6.45, 7) is 0.773. The van der Waals surface area contributed by atoms with Gasteiger partial charge in [0.15, 0.2) is 0 Å².